The number of carbonyl (C=O) groups excluding carboxylic acids is 2. The monoisotopic (exact) mass is 404 g/mol. The van der Waals surface area contributed by atoms with Crippen LogP contribution in [-0.2, 0) is 9.59 Å². The smallest absolute Gasteiger partial charge is 0.241 e. The number of nitrogens with zero attached hydrogens (tertiary/aromatic N) is 3. The predicted octanol–water partition coefficient (Wildman–Crippen LogP) is 2.27. The van der Waals surface area contributed by atoms with Gasteiger partial charge in [-0.25, -0.2) is 4.39 Å². The first-order chi connectivity index (χ1) is 13.8. The van der Waals surface area contributed by atoms with Crippen LogP contribution in [0.2, 0.25) is 0 Å². The van der Waals surface area contributed by atoms with Gasteiger partial charge in [-0.2, -0.15) is 0 Å². The Hall–Kier alpha value is -1.99. The Morgan fingerprint density at radius 3 is 2.41 bits per heavy atom. The predicted molar refractivity (Wildman–Crippen MR) is 112 cm³/mol. The van der Waals surface area contributed by atoms with Gasteiger partial charge in [-0.1, -0.05) is 19.9 Å². The van der Waals surface area contributed by atoms with E-state index in [4.69, 9.17) is 0 Å². The van der Waals surface area contributed by atoms with Crippen LogP contribution in [0.3, 0.4) is 0 Å². The van der Waals surface area contributed by atoms with Crippen LogP contribution in [0.5, 0.6) is 0 Å². The Morgan fingerprint density at radius 1 is 1.14 bits per heavy atom. The van der Waals surface area contributed by atoms with Crippen LogP contribution in [-0.4, -0.2) is 78.4 Å². The lowest BCUT2D eigenvalue weighted by Gasteiger charge is -2.39. The molecule has 0 aliphatic carbocycles. The quantitative estimate of drug-likeness (QED) is 0.818. The summed E-state index contributed by atoms with van der Waals surface area (Å²) >= 11 is 0. The van der Waals surface area contributed by atoms with Crippen LogP contribution in [0.25, 0.3) is 0 Å². The largest absolute Gasteiger partial charge is 0.341 e. The molecule has 1 N–H and O–H groups in total. The zero-order chi connectivity index (χ0) is 21.0. The summed E-state index contributed by atoms with van der Waals surface area (Å²) in [6.07, 6.45) is 1.19. The van der Waals surface area contributed by atoms with Crippen molar-refractivity contribution in [1.82, 2.24) is 14.7 Å². The molecule has 1 aromatic rings. The van der Waals surface area contributed by atoms with Gasteiger partial charge in [-0.05, 0) is 43.4 Å². The lowest BCUT2D eigenvalue weighted by Crippen LogP contribution is -2.55. The molecule has 0 bridgehead atoms. The number of amides is 2. The van der Waals surface area contributed by atoms with E-state index in [1.165, 1.54) is 18.6 Å². The Morgan fingerprint density at radius 2 is 1.79 bits per heavy atom. The average molecular weight is 405 g/mol. The number of likely N-dealkylation sites (tertiary alicyclic amines) is 1. The van der Waals surface area contributed by atoms with Gasteiger partial charge in [-0.15, -0.1) is 0 Å². The van der Waals surface area contributed by atoms with Crippen molar-refractivity contribution >= 4 is 17.5 Å². The maximum Gasteiger partial charge on any atom is 0.241 e. The molecule has 3 rings (SSSR count). The highest BCUT2D eigenvalue weighted by molar-refractivity contribution is 5.94. The number of rotatable bonds is 5. The summed E-state index contributed by atoms with van der Waals surface area (Å²) in [5.41, 5.74) is 0.469. The number of hydrogen-bond acceptors (Lipinski definition) is 4. The van der Waals surface area contributed by atoms with Crippen molar-refractivity contribution in [2.45, 2.75) is 33.2 Å². The van der Waals surface area contributed by atoms with Gasteiger partial charge in [0.15, 0.2) is 0 Å². The number of halogens is 1. The fourth-order valence-electron chi connectivity index (χ4n) is 4.45. The number of carbonyl (C=O) groups is 2. The molecule has 6 nitrogen and oxygen atoms in total. The lowest BCUT2D eigenvalue weighted by atomic mass is 9.92. The van der Waals surface area contributed by atoms with Crippen molar-refractivity contribution in [3.63, 3.8) is 0 Å². The van der Waals surface area contributed by atoms with Gasteiger partial charge in [0.2, 0.25) is 11.8 Å². The zero-order valence-electron chi connectivity index (χ0n) is 17.7. The standard InChI is InChI=1S/C22H33FN4O2/c1-16-11-17(2)14-27(13-16)21(28)15-25-7-9-26(10-8-25)18(3)22(29)24-20-6-4-5-19(23)12-20/h4-6,12,16-18H,7-11,13-15H2,1-3H3,(H,24,29)/t16-,17-,18-/m1/s1. The average Bonchev–Trinajstić information content (AvgIpc) is 2.67. The molecule has 0 aromatic heterocycles. The SMILES string of the molecule is C[C@@H]1C[C@@H](C)CN(C(=O)CN2CCN([C@H](C)C(=O)Nc3cccc(F)c3)CC2)C1. The summed E-state index contributed by atoms with van der Waals surface area (Å²) in [6, 6.07) is 5.62. The molecule has 1 aromatic carbocycles. The van der Waals surface area contributed by atoms with Crippen molar-refractivity contribution in [3.05, 3.63) is 30.1 Å². The van der Waals surface area contributed by atoms with Gasteiger partial charge in [0.05, 0.1) is 12.6 Å². The topological polar surface area (TPSA) is 55.9 Å². The normalized spacial score (nSPS) is 24.9. The zero-order valence-corrected chi connectivity index (χ0v) is 17.7. The minimum absolute atomic E-state index is 0.142. The third kappa shape index (κ3) is 6.00. The molecule has 2 heterocycles. The molecule has 2 aliphatic rings. The van der Waals surface area contributed by atoms with Gasteiger partial charge >= 0.3 is 0 Å². The summed E-state index contributed by atoms with van der Waals surface area (Å²) in [4.78, 5) is 31.5. The van der Waals surface area contributed by atoms with E-state index in [-0.39, 0.29) is 23.7 Å². The Labute approximate surface area is 173 Å². The van der Waals surface area contributed by atoms with Crippen LogP contribution < -0.4 is 5.32 Å². The fourth-order valence-corrected chi connectivity index (χ4v) is 4.45. The fraction of sp³-hybridized carbons (Fsp3) is 0.636. The first kappa shape index (κ1) is 21.7. The number of hydrogen-bond donors (Lipinski definition) is 1. The molecule has 29 heavy (non-hydrogen) atoms. The summed E-state index contributed by atoms with van der Waals surface area (Å²) in [6.45, 7) is 11.5. The number of piperazine rings is 1. The van der Waals surface area contributed by atoms with E-state index in [1.54, 1.807) is 12.1 Å². The third-order valence-corrected chi connectivity index (χ3v) is 6.01. The van der Waals surface area contributed by atoms with Crippen LogP contribution in [0, 0.1) is 17.7 Å². The Balaban J connectivity index is 1.44. The molecule has 0 unspecified atom stereocenters. The van der Waals surface area contributed by atoms with E-state index in [1.807, 2.05) is 11.8 Å². The first-order valence-electron chi connectivity index (χ1n) is 10.6. The summed E-state index contributed by atoms with van der Waals surface area (Å²) in [5, 5.41) is 2.78. The van der Waals surface area contributed by atoms with Crippen molar-refractivity contribution < 1.29 is 14.0 Å². The van der Waals surface area contributed by atoms with Gasteiger partial charge in [0.25, 0.3) is 0 Å². The minimum atomic E-state index is -0.369. The van der Waals surface area contributed by atoms with Gasteiger partial charge in [0, 0.05) is 45.0 Å². The molecule has 0 saturated carbocycles. The molecule has 2 amide bonds. The molecule has 0 spiro atoms. The van der Waals surface area contributed by atoms with Gasteiger partial charge in [-0.3, -0.25) is 19.4 Å². The van der Waals surface area contributed by atoms with Crippen LogP contribution in [0.15, 0.2) is 24.3 Å². The molecule has 2 saturated heterocycles. The highest BCUT2D eigenvalue weighted by Gasteiger charge is 2.29. The van der Waals surface area contributed by atoms with Crippen molar-refractivity contribution in [1.29, 1.82) is 0 Å². The van der Waals surface area contributed by atoms with Crippen LogP contribution in [0.4, 0.5) is 10.1 Å². The van der Waals surface area contributed by atoms with Crippen molar-refractivity contribution in [2.24, 2.45) is 11.8 Å². The number of piperidine rings is 1. The van der Waals surface area contributed by atoms with E-state index in [0.29, 0.717) is 24.1 Å². The van der Waals surface area contributed by atoms with Crippen LogP contribution >= 0.6 is 0 Å². The molecule has 0 radical (unpaired) electrons. The molecule has 3 atom stereocenters. The highest BCUT2D eigenvalue weighted by atomic mass is 19.1. The number of anilines is 1. The van der Waals surface area contributed by atoms with Crippen molar-refractivity contribution in [3.8, 4) is 0 Å². The molecular weight excluding hydrogens is 371 g/mol. The van der Waals surface area contributed by atoms with Gasteiger partial charge in [0.1, 0.15) is 5.82 Å². The number of nitrogens with one attached hydrogen (secondary N) is 1. The van der Waals surface area contributed by atoms with Crippen molar-refractivity contribution in [2.75, 3.05) is 51.1 Å². The van der Waals surface area contributed by atoms with Crippen LogP contribution in [0.1, 0.15) is 27.2 Å². The first-order valence-corrected chi connectivity index (χ1v) is 10.6. The molecule has 2 fully saturated rings. The third-order valence-electron chi connectivity index (χ3n) is 6.01. The summed E-state index contributed by atoms with van der Waals surface area (Å²) in [5.74, 6) is 0.838. The van der Waals surface area contributed by atoms with E-state index in [9.17, 15) is 14.0 Å². The maximum absolute atomic E-state index is 13.3. The van der Waals surface area contributed by atoms with Gasteiger partial charge < -0.3 is 10.2 Å². The van der Waals surface area contributed by atoms with E-state index >= 15 is 0 Å². The van der Waals surface area contributed by atoms with E-state index < -0.39 is 0 Å². The second-order valence-corrected chi connectivity index (χ2v) is 8.73. The Kier molecular flexibility index (Phi) is 7.24. The van der Waals surface area contributed by atoms with E-state index in [0.717, 1.165) is 39.3 Å². The molecule has 160 valence electrons. The minimum Gasteiger partial charge on any atom is -0.341 e. The lowest BCUT2D eigenvalue weighted by molar-refractivity contribution is -0.136. The van der Waals surface area contributed by atoms with E-state index in [2.05, 4.69) is 29.0 Å². The maximum atomic E-state index is 13.3. The summed E-state index contributed by atoms with van der Waals surface area (Å²) < 4.78 is 13.3. The summed E-state index contributed by atoms with van der Waals surface area (Å²) in [7, 11) is 0. The second kappa shape index (κ2) is 9.67. The second-order valence-electron chi connectivity index (χ2n) is 8.73. The number of benzene rings is 1. The molecule has 2 aliphatic heterocycles. The molecular formula is C22H33FN4O2. The molecule has 7 heteroatoms. The Bertz CT molecular complexity index is 711. The highest BCUT2D eigenvalue weighted by Crippen LogP contribution is 2.21.